The van der Waals surface area contributed by atoms with Gasteiger partial charge in [0.15, 0.2) is 0 Å². The van der Waals surface area contributed by atoms with Crippen LogP contribution in [0.5, 0.6) is 0 Å². The third-order valence-corrected chi connectivity index (χ3v) is 5.79. The van der Waals surface area contributed by atoms with E-state index in [0.29, 0.717) is 6.17 Å². The topological polar surface area (TPSA) is 6.48 Å². The van der Waals surface area contributed by atoms with Gasteiger partial charge >= 0.3 is 0 Å². The molecule has 0 saturated carbocycles. The van der Waals surface area contributed by atoms with Crippen LogP contribution in [0.4, 0.5) is 11.4 Å². The first-order valence-electron chi connectivity index (χ1n) is 8.73. The van der Waals surface area contributed by atoms with Gasteiger partial charge in [0, 0.05) is 28.6 Å². The number of nitrogens with zero attached hydrogens (tertiary/aromatic N) is 2. The zero-order chi connectivity index (χ0) is 17.1. The molecule has 0 aliphatic carbocycles. The Bertz CT molecular complexity index is 820. The van der Waals surface area contributed by atoms with E-state index in [-0.39, 0.29) is 0 Å². The van der Waals surface area contributed by atoms with E-state index in [9.17, 15) is 0 Å². The molecule has 2 nitrogen and oxygen atoms in total. The summed E-state index contributed by atoms with van der Waals surface area (Å²) in [6, 6.07) is 30.1. The van der Waals surface area contributed by atoms with Crippen LogP contribution < -0.4 is 9.80 Å². The molecule has 0 bridgehead atoms. The highest BCUT2D eigenvalue weighted by Crippen LogP contribution is 2.38. The van der Waals surface area contributed by atoms with Crippen LogP contribution in [0.3, 0.4) is 0 Å². The van der Waals surface area contributed by atoms with Gasteiger partial charge in [-0.25, -0.2) is 0 Å². The van der Waals surface area contributed by atoms with Gasteiger partial charge in [-0.15, -0.1) is 0 Å². The van der Waals surface area contributed by atoms with Crippen LogP contribution in [0.1, 0.15) is 6.92 Å². The molecule has 4 rings (SSSR count). The van der Waals surface area contributed by atoms with Gasteiger partial charge in [-0.1, -0.05) is 60.3 Å². The van der Waals surface area contributed by atoms with Gasteiger partial charge in [0.25, 0.3) is 0 Å². The highest BCUT2D eigenvalue weighted by atomic mass is 32.2. The van der Waals surface area contributed by atoms with Crippen molar-refractivity contribution in [2.75, 3.05) is 22.9 Å². The van der Waals surface area contributed by atoms with Crippen molar-refractivity contribution in [3.63, 3.8) is 0 Å². The van der Waals surface area contributed by atoms with E-state index in [2.05, 4.69) is 102 Å². The summed E-state index contributed by atoms with van der Waals surface area (Å²) in [6.45, 7) is 4.39. The second kappa shape index (κ2) is 7.24. The minimum Gasteiger partial charge on any atom is -0.350 e. The summed E-state index contributed by atoms with van der Waals surface area (Å²) in [7, 11) is 0. The lowest BCUT2D eigenvalue weighted by atomic mass is 10.2. The predicted octanol–water partition coefficient (Wildman–Crippen LogP) is 5.51. The van der Waals surface area contributed by atoms with Gasteiger partial charge in [0.2, 0.25) is 0 Å². The normalized spacial score (nSPS) is 17.1. The van der Waals surface area contributed by atoms with E-state index in [1.807, 2.05) is 11.8 Å². The maximum absolute atomic E-state index is 2.51. The zero-order valence-corrected chi connectivity index (χ0v) is 15.2. The van der Waals surface area contributed by atoms with E-state index in [0.717, 1.165) is 13.1 Å². The maximum Gasteiger partial charge on any atom is 0.0988 e. The van der Waals surface area contributed by atoms with Gasteiger partial charge < -0.3 is 9.80 Å². The second-order valence-corrected chi connectivity index (χ2v) is 7.35. The average Bonchev–Trinajstić information content (AvgIpc) is 3.05. The Morgan fingerprint density at radius 2 is 1.32 bits per heavy atom. The van der Waals surface area contributed by atoms with E-state index in [1.54, 1.807) is 0 Å². The lowest BCUT2D eigenvalue weighted by Gasteiger charge is -2.31. The molecule has 0 N–H and O–H groups in total. The quantitative estimate of drug-likeness (QED) is 0.615. The number of benzene rings is 3. The van der Waals surface area contributed by atoms with E-state index in [1.165, 1.54) is 21.2 Å². The molecule has 25 heavy (non-hydrogen) atoms. The Morgan fingerprint density at radius 1 is 0.720 bits per heavy atom. The molecule has 0 aromatic heterocycles. The van der Waals surface area contributed by atoms with Gasteiger partial charge in [0.1, 0.15) is 0 Å². The Labute approximate surface area is 154 Å². The van der Waals surface area contributed by atoms with Crippen molar-refractivity contribution in [3.05, 3.63) is 84.9 Å². The van der Waals surface area contributed by atoms with Gasteiger partial charge in [0.05, 0.1) is 11.9 Å². The fraction of sp³-hybridized carbons (Fsp3) is 0.182. The first-order valence-corrected chi connectivity index (χ1v) is 9.55. The first kappa shape index (κ1) is 16.1. The molecule has 3 aromatic carbocycles. The Hall–Kier alpha value is -2.39. The summed E-state index contributed by atoms with van der Waals surface area (Å²) in [5, 5.41) is 0. The molecule has 1 saturated heterocycles. The van der Waals surface area contributed by atoms with Crippen molar-refractivity contribution >= 4 is 23.1 Å². The number of hydrogen-bond acceptors (Lipinski definition) is 3. The van der Waals surface area contributed by atoms with Crippen LogP contribution in [-0.2, 0) is 0 Å². The van der Waals surface area contributed by atoms with Gasteiger partial charge in [-0.05, 0) is 43.3 Å². The van der Waals surface area contributed by atoms with E-state index < -0.39 is 0 Å². The van der Waals surface area contributed by atoms with Crippen LogP contribution in [0.2, 0.25) is 0 Å². The number of hydrogen-bond donors (Lipinski definition) is 0. The largest absolute Gasteiger partial charge is 0.350 e. The highest BCUT2D eigenvalue weighted by Gasteiger charge is 2.29. The van der Waals surface area contributed by atoms with Gasteiger partial charge in [-0.2, -0.15) is 0 Å². The molecule has 1 heterocycles. The van der Waals surface area contributed by atoms with Crippen molar-refractivity contribution in [3.8, 4) is 0 Å². The predicted molar refractivity (Wildman–Crippen MR) is 108 cm³/mol. The first-order chi connectivity index (χ1) is 12.3. The van der Waals surface area contributed by atoms with Crippen molar-refractivity contribution in [1.29, 1.82) is 0 Å². The lowest BCUT2D eigenvalue weighted by Crippen LogP contribution is -2.36. The molecule has 3 heteroatoms. The Morgan fingerprint density at radius 3 is 2.08 bits per heavy atom. The molecule has 1 atom stereocenters. The standard InChI is InChI=1S/C22H22N2S/c1-18-23(19-10-4-2-5-11-19)16-17-24(18)21-14-8-9-15-22(21)25-20-12-6-3-7-13-20/h2-15,18H,16-17H2,1H3. The zero-order valence-electron chi connectivity index (χ0n) is 14.4. The minimum absolute atomic E-state index is 0.347. The van der Waals surface area contributed by atoms with Crippen molar-refractivity contribution in [2.45, 2.75) is 22.9 Å². The Balaban J connectivity index is 1.60. The molecule has 126 valence electrons. The SMILES string of the molecule is CC1N(c2ccccc2)CCN1c1ccccc1Sc1ccccc1. The molecular formula is C22H22N2S. The summed E-state index contributed by atoms with van der Waals surface area (Å²) >= 11 is 1.84. The minimum atomic E-state index is 0.347. The summed E-state index contributed by atoms with van der Waals surface area (Å²) in [5.41, 5.74) is 2.62. The molecule has 1 fully saturated rings. The van der Waals surface area contributed by atoms with E-state index >= 15 is 0 Å². The number of anilines is 2. The summed E-state index contributed by atoms with van der Waals surface area (Å²) < 4.78 is 0. The van der Waals surface area contributed by atoms with Crippen LogP contribution in [0.15, 0.2) is 94.7 Å². The third-order valence-electron chi connectivity index (χ3n) is 4.72. The second-order valence-electron chi connectivity index (χ2n) is 6.24. The van der Waals surface area contributed by atoms with Crippen molar-refractivity contribution in [1.82, 2.24) is 0 Å². The van der Waals surface area contributed by atoms with Crippen LogP contribution in [0.25, 0.3) is 0 Å². The monoisotopic (exact) mass is 346 g/mol. The molecule has 1 aliphatic heterocycles. The fourth-order valence-electron chi connectivity index (χ4n) is 3.44. The summed E-state index contributed by atoms with van der Waals surface area (Å²) in [5.74, 6) is 0. The molecule has 1 unspecified atom stereocenters. The molecular weight excluding hydrogens is 324 g/mol. The smallest absolute Gasteiger partial charge is 0.0988 e. The average molecular weight is 346 g/mol. The van der Waals surface area contributed by atoms with Crippen molar-refractivity contribution in [2.24, 2.45) is 0 Å². The summed E-state index contributed by atoms with van der Waals surface area (Å²) in [4.78, 5) is 7.58. The molecule has 1 aliphatic rings. The van der Waals surface area contributed by atoms with Crippen LogP contribution in [0, 0.1) is 0 Å². The van der Waals surface area contributed by atoms with Crippen LogP contribution in [-0.4, -0.2) is 19.3 Å². The highest BCUT2D eigenvalue weighted by molar-refractivity contribution is 7.99. The lowest BCUT2D eigenvalue weighted by molar-refractivity contribution is 0.728. The van der Waals surface area contributed by atoms with E-state index in [4.69, 9.17) is 0 Å². The summed E-state index contributed by atoms with van der Waals surface area (Å²) in [6.07, 6.45) is 0.347. The maximum atomic E-state index is 2.51. The number of rotatable bonds is 4. The van der Waals surface area contributed by atoms with Gasteiger partial charge in [-0.3, -0.25) is 0 Å². The molecule has 0 spiro atoms. The third kappa shape index (κ3) is 3.38. The number of para-hydroxylation sites is 2. The molecule has 0 radical (unpaired) electrons. The Kier molecular flexibility index (Phi) is 4.66. The van der Waals surface area contributed by atoms with Crippen LogP contribution >= 0.6 is 11.8 Å². The molecule has 3 aromatic rings. The molecule has 0 amide bonds. The van der Waals surface area contributed by atoms with Crippen molar-refractivity contribution < 1.29 is 0 Å². The fourth-order valence-corrected chi connectivity index (χ4v) is 4.42.